The van der Waals surface area contributed by atoms with E-state index in [0.717, 1.165) is 47.1 Å². The third kappa shape index (κ3) is 4.16. The van der Waals surface area contributed by atoms with E-state index in [-0.39, 0.29) is 11.3 Å². The van der Waals surface area contributed by atoms with E-state index in [9.17, 15) is 18.0 Å². The van der Waals surface area contributed by atoms with E-state index in [1.807, 2.05) is 24.6 Å². The van der Waals surface area contributed by atoms with Gasteiger partial charge in [-0.2, -0.15) is 0 Å². The molecule has 1 aliphatic heterocycles. The molecule has 0 amide bonds. The number of fused-ring (bicyclic) bond motifs is 2. The van der Waals surface area contributed by atoms with Crippen LogP contribution in [0.1, 0.15) is 22.6 Å². The molecule has 1 aromatic carbocycles. The smallest absolute Gasteiger partial charge is 0.406 e. The number of aryl methyl sites for hydroxylation is 1. The molecule has 4 aromatic rings. The molecular formula is C23H21F3N4O2S. The van der Waals surface area contributed by atoms with Gasteiger partial charge in [-0.15, -0.1) is 24.5 Å². The van der Waals surface area contributed by atoms with E-state index >= 15 is 0 Å². The van der Waals surface area contributed by atoms with Gasteiger partial charge >= 0.3 is 6.36 Å². The van der Waals surface area contributed by atoms with Gasteiger partial charge in [-0.25, -0.2) is 4.98 Å². The molecule has 5 rings (SSSR count). The molecule has 0 spiro atoms. The van der Waals surface area contributed by atoms with Crippen LogP contribution >= 0.6 is 11.3 Å². The maximum atomic E-state index is 13.0. The van der Waals surface area contributed by atoms with E-state index in [2.05, 4.69) is 19.0 Å². The van der Waals surface area contributed by atoms with Gasteiger partial charge in [-0.1, -0.05) is 12.1 Å². The van der Waals surface area contributed by atoms with Gasteiger partial charge in [0.2, 0.25) is 0 Å². The van der Waals surface area contributed by atoms with Crippen LogP contribution in [0, 0.1) is 6.92 Å². The Morgan fingerprint density at radius 2 is 1.97 bits per heavy atom. The molecule has 1 aliphatic rings. The number of aromatic nitrogens is 3. The average molecular weight is 475 g/mol. The lowest BCUT2D eigenvalue weighted by molar-refractivity contribution is -0.274. The zero-order valence-corrected chi connectivity index (χ0v) is 18.8. The highest BCUT2D eigenvalue weighted by molar-refractivity contribution is 7.15. The minimum Gasteiger partial charge on any atom is -0.406 e. The van der Waals surface area contributed by atoms with Gasteiger partial charge in [0.25, 0.3) is 5.56 Å². The molecule has 0 unspecified atom stereocenters. The second-order valence-electron chi connectivity index (χ2n) is 8.13. The summed E-state index contributed by atoms with van der Waals surface area (Å²) >= 11 is 1.60. The highest BCUT2D eigenvalue weighted by Gasteiger charge is 2.31. The van der Waals surface area contributed by atoms with Crippen molar-refractivity contribution in [2.45, 2.75) is 32.8 Å². The number of rotatable bonds is 4. The Morgan fingerprint density at radius 1 is 1.21 bits per heavy atom. The third-order valence-electron chi connectivity index (χ3n) is 6.02. The molecule has 0 saturated carbocycles. The van der Waals surface area contributed by atoms with E-state index in [4.69, 9.17) is 0 Å². The molecule has 0 radical (unpaired) electrons. The van der Waals surface area contributed by atoms with Crippen LogP contribution in [0.5, 0.6) is 5.75 Å². The van der Waals surface area contributed by atoms with Gasteiger partial charge in [0.05, 0.1) is 11.4 Å². The average Bonchev–Trinajstić information content (AvgIpc) is 3.32. The largest absolute Gasteiger partial charge is 0.573 e. The Labute approximate surface area is 191 Å². The molecule has 0 N–H and O–H groups in total. The molecule has 10 heteroatoms. The Kier molecular flexibility index (Phi) is 5.29. The minimum absolute atomic E-state index is 0.168. The number of alkyl halides is 3. The first-order valence-electron chi connectivity index (χ1n) is 10.4. The van der Waals surface area contributed by atoms with Crippen LogP contribution in [0.15, 0.2) is 46.7 Å². The standard InChI is InChI=1S/C23H21F3N4O2S/c1-14-20(30-9-10-33-22(30)27-14)13-29-8-7-19-16(12-29)11-18(21(31)28(19)2)15-3-5-17(6-4-15)32-23(24,25)26/h3-6,9-11H,7-8,12-13H2,1-2H3. The van der Waals surface area contributed by atoms with Crippen molar-refractivity contribution in [1.29, 1.82) is 0 Å². The third-order valence-corrected chi connectivity index (χ3v) is 6.78. The lowest BCUT2D eigenvalue weighted by Crippen LogP contribution is -2.35. The predicted octanol–water partition coefficient (Wildman–Crippen LogP) is 4.53. The van der Waals surface area contributed by atoms with Crippen molar-refractivity contribution in [2.24, 2.45) is 7.05 Å². The highest BCUT2D eigenvalue weighted by Crippen LogP contribution is 2.28. The number of thiazole rings is 1. The Balaban J connectivity index is 1.43. The number of pyridine rings is 1. The van der Waals surface area contributed by atoms with Crippen LogP contribution in [-0.4, -0.2) is 31.8 Å². The molecule has 0 atom stereocenters. The summed E-state index contributed by atoms with van der Waals surface area (Å²) in [6.07, 6.45) is -1.99. The number of benzene rings is 1. The molecular weight excluding hydrogens is 453 g/mol. The zero-order chi connectivity index (χ0) is 23.3. The van der Waals surface area contributed by atoms with Gasteiger partial charge < -0.3 is 9.30 Å². The van der Waals surface area contributed by atoms with Crippen LogP contribution in [-0.2, 0) is 26.6 Å². The summed E-state index contributed by atoms with van der Waals surface area (Å²) in [6, 6.07) is 7.28. The van der Waals surface area contributed by atoms with Crippen molar-refractivity contribution in [3.8, 4) is 16.9 Å². The Bertz CT molecular complexity index is 1390. The zero-order valence-electron chi connectivity index (χ0n) is 18.0. The van der Waals surface area contributed by atoms with Gasteiger partial charge in [-0.3, -0.25) is 14.1 Å². The molecule has 0 bridgehead atoms. The van der Waals surface area contributed by atoms with Gasteiger partial charge in [0, 0.05) is 55.9 Å². The topological polar surface area (TPSA) is 51.8 Å². The van der Waals surface area contributed by atoms with Crippen molar-refractivity contribution < 1.29 is 17.9 Å². The van der Waals surface area contributed by atoms with Crippen molar-refractivity contribution in [2.75, 3.05) is 6.54 Å². The summed E-state index contributed by atoms with van der Waals surface area (Å²) in [5.41, 5.74) is 5.03. The molecule has 3 aromatic heterocycles. The number of ether oxygens (including phenoxy) is 1. The van der Waals surface area contributed by atoms with E-state index in [1.54, 1.807) is 23.0 Å². The van der Waals surface area contributed by atoms with Crippen LogP contribution in [0.2, 0.25) is 0 Å². The van der Waals surface area contributed by atoms with Crippen LogP contribution in [0.4, 0.5) is 13.2 Å². The minimum atomic E-state index is -4.75. The quantitative estimate of drug-likeness (QED) is 0.436. The summed E-state index contributed by atoms with van der Waals surface area (Å²) < 4.78 is 45.1. The molecule has 172 valence electrons. The van der Waals surface area contributed by atoms with Gasteiger partial charge in [-0.05, 0) is 36.2 Å². The summed E-state index contributed by atoms with van der Waals surface area (Å²) in [5.74, 6) is -0.317. The number of imidazole rings is 1. The second kappa shape index (κ2) is 8.03. The summed E-state index contributed by atoms with van der Waals surface area (Å²) in [6.45, 7) is 4.24. The van der Waals surface area contributed by atoms with Crippen molar-refractivity contribution in [3.05, 3.63) is 74.9 Å². The predicted molar refractivity (Wildman–Crippen MR) is 119 cm³/mol. The number of hydrogen-bond acceptors (Lipinski definition) is 5. The van der Waals surface area contributed by atoms with Crippen molar-refractivity contribution in [1.82, 2.24) is 18.9 Å². The lowest BCUT2D eigenvalue weighted by atomic mass is 9.99. The van der Waals surface area contributed by atoms with Crippen LogP contribution < -0.4 is 10.3 Å². The monoisotopic (exact) mass is 474 g/mol. The number of nitrogens with zero attached hydrogens (tertiary/aromatic N) is 4. The fourth-order valence-electron chi connectivity index (χ4n) is 4.41. The molecule has 0 aliphatic carbocycles. The van der Waals surface area contributed by atoms with E-state index in [0.29, 0.717) is 17.7 Å². The number of hydrogen-bond donors (Lipinski definition) is 0. The molecule has 4 heterocycles. The van der Waals surface area contributed by atoms with Crippen LogP contribution in [0.25, 0.3) is 16.1 Å². The maximum Gasteiger partial charge on any atom is 0.573 e. The van der Waals surface area contributed by atoms with E-state index < -0.39 is 6.36 Å². The molecule has 0 saturated heterocycles. The second-order valence-corrected chi connectivity index (χ2v) is 9.00. The van der Waals surface area contributed by atoms with Gasteiger partial charge in [0.1, 0.15) is 5.75 Å². The normalized spacial score (nSPS) is 14.6. The lowest BCUT2D eigenvalue weighted by Gasteiger charge is -2.30. The first-order chi connectivity index (χ1) is 15.7. The highest BCUT2D eigenvalue weighted by atomic mass is 32.1. The van der Waals surface area contributed by atoms with Gasteiger partial charge in [0.15, 0.2) is 4.96 Å². The number of halogens is 3. The molecule has 6 nitrogen and oxygen atoms in total. The SMILES string of the molecule is Cc1nc2sccn2c1CN1CCc2c(cc(-c3ccc(OC(F)(F)F)cc3)c(=O)n2C)C1. The molecule has 0 fully saturated rings. The fourth-order valence-corrected chi connectivity index (χ4v) is 5.19. The Hall–Kier alpha value is -3.11. The first-order valence-corrected chi connectivity index (χ1v) is 11.3. The first kappa shape index (κ1) is 21.7. The fraction of sp³-hybridized carbons (Fsp3) is 0.304. The summed E-state index contributed by atoms with van der Waals surface area (Å²) in [4.78, 5) is 20.9. The molecule has 33 heavy (non-hydrogen) atoms. The summed E-state index contributed by atoms with van der Waals surface area (Å²) in [5, 5.41) is 2.02. The Morgan fingerprint density at radius 3 is 2.70 bits per heavy atom. The van der Waals surface area contributed by atoms with E-state index in [1.165, 1.54) is 24.3 Å². The van der Waals surface area contributed by atoms with Crippen LogP contribution in [0.3, 0.4) is 0 Å². The van der Waals surface area contributed by atoms with Crippen molar-refractivity contribution in [3.63, 3.8) is 0 Å². The van der Waals surface area contributed by atoms with Crippen molar-refractivity contribution >= 4 is 16.3 Å². The summed E-state index contributed by atoms with van der Waals surface area (Å²) in [7, 11) is 1.75. The maximum absolute atomic E-state index is 13.0.